The maximum absolute atomic E-state index is 13.5. The van der Waals surface area contributed by atoms with Crippen LogP contribution in [0.5, 0.6) is 11.5 Å². The first-order valence-electron chi connectivity index (χ1n) is 10.5. The molecule has 2 aliphatic rings. The van der Waals surface area contributed by atoms with Gasteiger partial charge < -0.3 is 23.4 Å². The maximum Gasteiger partial charge on any atom is 0.290 e. The Morgan fingerprint density at radius 3 is 2.80 bits per heavy atom. The van der Waals surface area contributed by atoms with E-state index in [2.05, 4.69) is 4.98 Å². The number of imidazole rings is 1. The highest BCUT2D eigenvalue weighted by molar-refractivity contribution is 5.91. The van der Waals surface area contributed by atoms with Gasteiger partial charge in [-0.15, -0.1) is 0 Å². The molecule has 2 aromatic heterocycles. The number of rotatable bonds is 6. The van der Waals surface area contributed by atoms with Crippen molar-refractivity contribution in [3.05, 3.63) is 66.1 Å². The van der Waals surface area contributed by atoms with Crippen LogP contribution in [-0.4, -0.2) is 33.2 Å². The summed E-state index contributed by atoms with van der Waals surface area (Å²) in [6.07, 6.45) is 10.9. The Morgan fingerprint density at radius 2 is 1.97 bits per heavy atom. The number of aromatic nitrogens is 2. The lowest BCUT2D eigenvalue weighted by atomic mass is 9.93. The normalized spacial score (nSPS) is 16.0. The first-order valence-corrected chi connectivity index (χ1v) is 10.5. The van der Waals surface area contributed by atoms with Gasteiger partial charge in [0.2, 0.25) is 6.79 Å². The summed E-state index contributed by atoms with van der Waals surface area (Å²) in [5.41, 5.74) is 1.03. The van der Waals surface area contributed by atoms with Gasteiger partial charge in [-0.3, -0.25) is 4.79 Å². The summed E-state index contributed by atoms with van der Waals surface area (Å²) in [5, 5.41) is 0. The summed E-state index contributed by atoms with van der Waals surface area (Å²) in [6, 6.07) is 9.76. The first-order chi connectivity index (χ1) is 14.8. The molecule has 0 radical (unpaired) electrons. The third-order valence-electron chi connectivity index (χ3n) is 5.84. The number of fused-ring (bicyclic) bond motifs is 1. The van der Waals surface area contributed by atoms with Crippen molar-refractivity contribution in [2.75, 3.05) is 6.79 Å². The number of furan rings is 1. The molecule has 0 unspecified atom stereocenters. The zero-order chi connectivity index (χ0) is 20.3. The minimum absolute atomic E-state index is 0.0588. The van der Waals surface area contributed by atoms with Crippen molar-refractivity contribution in [1.29, 1.82) is 0 Å². The summed E-state index contributed by atoms with van der Waals surface area (Å²) < 4.78 is 18.8. The summed E-state index contributed by atoms with van der Waals surface area (Å²) in [7, 11) is 0. The van der Waals surface area contributed by atoms with Crippen LogP contribution < -0.4 is 9.47 Å². The molecular formula is C23H25N3O4. The molecule has 0 N–H and O–H groups in total. The zero-order valence-electron chi connectivity index (χ0n) is 16.8. The summed E-state index contributed by atoms with van der Waals surface area (Å²) >= 11 is 0. The van der Waals surface area contributed by atoms with E-state index in [0.717, 1.165) is 48.5 Å². The fourth-order valence-corrected chi connectivity index (χ4v) is 4.28. The van der Waals surface area contributed by atoms with E-state index in [4.69, 9.17) is 13.9 Å². The molecule has 3 heterocycles. The lowest BCUT2D eigenvalue weighted by Crippen LogP contribution is -2.40. The second-order valence-electron chi connectivity index (χ2n) is 7.91. The van der Waals surface area contributed by atoms with Gasteiger partial charge in [0, 0.05) is 25.0 Å². The van der Waals surface area contributed by atoms with Crippen molar-refractivity contribution in [3.8, 4) is 11.5 Å². The quantitative estimate of drug-likeness (QED) is 0.612. The molecule has 156 valence electrons. The number of hydrogen-bond acceptors (Lipinski definition) is 5. The molecule has 1 fully saturated rings. The molecule has 1 saturated carbocycles. The lowest BCUT2D eigenvalue weighted by Gasteiger charge is -2.34. The van der Waals surface area contributed by atoms with Gasteiger partial charge in [0.05, 0.1) is 12.9 Å². The van der Waals surface area contributed by atoms with Crippen molar-refractivity contribution in [1.82, 2.24) is 14.5 Å². The molecule has 30 heavy (non-hydrogen) atoms. The SMILES string of the molecule is O=C(c1ccc(Cn2ccnc2)o1)N(Cc1ccc2c(c1)OCO2)C1CCCCC1. The third-order valence-corrected chi connectivity index (χ3v) is 5.84. The highest BCUT2D eigenvalue weighted by atomic mass is 16.7. The minimum Gasteiger partial charge on any atom is -0.454 e. The van der Waals surface area contributed by atoms with Crippen molar-refractivity contribution in [2.45, 2.75) is 51.2 Å². The Labute approximate surface area is 175 Å². The van der Waals surface area contributed by atoms with Gasteiger partial charge in [-0.2, -0.15) is 0 Å². The zero-order valence-corrected chi connectivity index (χ0v) is 16.8. The minimum atomic E-state index is -0.0588. The number of ether oxygens (including phenoxy) is 2. The second-order valence-corrected chi connectivity index (χ2v) is 7.91. The molecule has 1 aliphatic carbocycles. The van der Waals surface area contributed by atoms with Crippen LogP contribution in [0.3, 0.4) is 0 Å². The van der Waals surface area contributed by atoms with Gasteiger partial charge in [0.25, 0.3) is 5.91 Å². The first kappa shape index (κ1) is 18.8. The number of benzene rings is 1. The Kier molecular flexibility index (Phi) is 5.17. The van der Waals surface area contributed by atoms with Crippen LogP contribution in [0.15, 0.2) is 53.5 Å². The molecule has 0 spiro atoms. The highest BCUT2D eigenvalue weighted by Crippen LogP contribution is 2.34. The van der Waals surface area contributed by atoms with Crippen molar-refractivity contribution < 1.29 is 18.7 Å². The van der Waals surface area contributed by atoms with Gasteiger partial charge in [0.1, 0.15) is 5.76 Å². The number of hydrogen-bond donors (Lipinski definition) is 0. The molecule has 1 aliphatic heterocycles. The van der Waals surface area contributed by atoms with Crippen molar-refractivity contribution in [2.24, 2.45) is 0 Å². The highest BCUT2D eigenvalue weighted by Gasteiger charge is 2.29. The van der Waals surface area contributed by atoms with Gasteiger partial charge in [-0.25, -0.2) is 4.98 Å². The van der Waals surface area contributed by atoms with Gasteiger partial charge in [-0.1, -0.05) is 25.3 Å². The Bertz CT molecular complexity index is 1010. The average molecular weight is 407 g/mol. The van der Waals surface area contributed by atoms with Crippen LogP contribution in [0.25, 0.3) is 0 Å². The van der Waals surface area contributed by atoms with Crippen LogP contribution in [0.1, 0.15) is 54.0 Å². The molecule has 7 heteroatoms. The average Bonchev–Trinajstić information content (AvgIpc) is 3.54. The fraction of sp³-hybridized carbons (Fsp3) is 0.391. The number of nitrogens with zero attached hydrogens (tertiary/aromatic N) is 3. The number of carbonyl (C=O) groups excluding carboxylic acids is 1. The topological polar surface area (TPSA) is 69.7 Å². The third kappa shape index (κ3) is 3.92. The van der Waals surface area contributed by atoms with Gasteiger partial charge in [0.15, 0.2) is 17.3 Å². The molecule has 3 aromatic rings. The maximum atomic E-state index is 13.5. The Hall–Kier alpha value is -3.22. The second kappa shape index (κ2) is 8.26. The Morgan fingerprint density at radius 1 is 1.10 bits per heavy atom. The molecule has 0 atom stereocenters. The van der Waals surface area contributed by atoms with Crippen LogP contribution in [0.2, 0.25) is 0 Å². The van der Waals surface area contributed by atoms with E-state index in [1.165, 1.54) is 6.42 Å². The van der Waals surface area contributed by atoms with E-state index >= 15 is 0 Å². The fourth-order valence-electron chi connectivity index (χ4n) is 4.28. The van der Waals surface area contributed by atoms with E-state index in [1.54, 1.807) is 18.6 Å². The predicted molar refractivity (Wildman–Crippen MR) is 109 cm³/mol. The molecule has 0 bridgehead atoms. The van der Waals surface area contributed by atoms with Crippen LogP contribution in [-0.2, 0) is 13.1 Å². The van der Waals surface area contributed by atoms with E-state index < -0.39 is 0 Å². The monoisotopic (exact) mass is 407 g/mol. The van der Waals surface area contributed by atoms with Crippen molar-refractivity contribution in [3.63, 3.8) is 0 Å². The van der Waals surface area contributed by atoms with Crippen LogP contribution in [0.4, 0.5) is 0 Å². The number of carbonyl (C=O) groups is 1. The summed E-state index contributed by atoms with van der Waals surface area (Å²) in [4.78, 5) is 19.5. The van der Waals surface area contributed by atoms with Crippen LogP contribution in [0, 0.1) is 0 Å². The predicted octanol–water partition coefficient (Wildman–Crippen LogP) is 4.23. The van der Waals surface area contributed by atoms with Gasteiger partial charge in [-0.05, 0) is 42.7 Å². The molecule has 1 aromatic carbocycles. The van der Waals surface area contributed by atoms with E-state index in [-0.39, 0.29) is 18.7 Å². The molecule has 0 saturated heterocycles. The molecule has 1 amide bonds. The number of amides is 1. The summed E-state index contributed by atoms with van der Waals surface area (Å²) in [5.74, 6) is 2.56. The van der Waals surface area contributed by atoms with E-state index in [9.17, 15) is 4.79 Å². The smallest absolute Gasteiger partial charge is 0.290 e. The molecular weight excluding hydrogens is 382 g/mol. The summed E-state index contributed by atoms with van der Waals surface area (Å²) in [6.45, 7) is 1.33. The largest absolute Gasteiger partial charge is 0.454 e. The molecule has 7 nitrogen and oxygen atoms in total. The standard InChI is InChI=1S/C23H25N3O4/c27-23(21-9-7-19(30-21)14-25-11-10-24-15-25)26(18-4-2-1-3-5-18)13-17-6-8-20-22(12-17)29-16-28-20/h6-12,15,18H,1-5,13-14,16H2. The molecule has 5 rings (SSSR count). The van der Waals surface area contributed by atoms with E-state index in [0.29, 0.717) is 18.8 Å². The Balaban J connectivity index is 1.37. The van der Waals surface area contributed by atoms with Gasteiger partial charge >= 0.3 is 0 Å². The van der Waals surface area contributed by atoms with Crippen molar-refractivity contribution >= 4 is 5.91 Å². The van der Waals surface area contributed by atoms with E-state index in [1.807, 2.05) is 39.9 Å². The van der Waals surface area contributed by atoms with Crippen LogP contribution >= 0.6 is 0 Å². The lowest BCUT2D eigenvalue weighted by molar-refractivity contribution is 0.0579.